The van der Waals surface area contributed by atoms with Gasteiger partial charge in [0, 0.05) is 32.8 Å². The van der Waals surface area contributed by atoms with E-state index in [2.05, 4.69) is 4.98 Å². The summed E-state index contributed by atoms with van der Waals surface area (Å²) in [6.07, 6.45) is 1.81. The lowest BCUT2D eigenvalue weighted by atomic mass is 10.1. The van der Waals surface area contributed by atoms with Crippen LogP contribution in [0.25, 0.3) is 0 Å². The van der Waals surface area contributed by atoms with Crippen LogP contribution in [-0.2, 0) is 22.7 Å². The van der Waals surface area contributed by atoms with Crippen LogP contribution in [0.2, 0.25) is 0 Å². The molecule has 3 rings (SSSR count). The van der Waals surface area contributed by atoms with Crippen LogP contribution in [0.1, 0.15) is 17.7 Å². The van der Waals surface area contributed by atoms with Gasteiger partial charge < -0.3 is 9.80 Å². The number of benzene rings is 1. The Morgan fingerprint density at radius 1 is 1.27 bits per heavy atom. The molecule has 136 valence electrons. The molecule has 0 aliphatic carbocycles. The molecule has 26 heavy (non-hydrogen) atoms. The van der Waals surface area contributed by atoms with Crippen molar-refractivity contribution < 1.29 is 18.4 Å². The Hall–Kier alpha value is -2.83. The zero-order valence-electron chi connectivity index (χ0n) is 14.4. The molecule has 1 saturated heterocycles. The minimum Gasteiger partial charge on any atom is -0.341 e. The highest BCUT2D eigenvalue weighted by Crippen LogP contribution is 2.22. The minimum absolute atomic E-state index is 0.0878. The number of rotatable bonds is 5. The first kappa shape index (κ1) is 18.0. The maximum absolute atomic E-state index is 13.3. The molecule has 0 saturated carbocycles. The number of likely N-dealkylation sites (tertiary alicyclic amines) is 1. The monoisotopic (exact) mass is 359 g/mol. The Kier molecular flexibility index (Phi) is 5.25. The highest BCUT2D eigenvalue weighted by atomic mass is 19.2. The predicted octanol–water partition coefficient (Wildman–Crippen LogP) is 2.37. The van der Waals surface area contributed by atoms with Gasteiger partial charge in [-0.25, -0.2) is 8.78 Å². The maximum atomic E-state index is 13.3. The van der Waals surface area contributed by atoms with E-state index in [0.717, 1.165) is 17.8 Å². The zero-order valence-corrected chi connectivity index (χ0v) is 14.4. The van der Waals surface area contributed by atoms with E-state index in [-0.39, 0.29) is 24.8 Å². The molecule has 2 heterocycles. The van der Waals surface area contributed by atoms with Crippen molar-refractivity contribution in [2.75, 3.05) is 13.6 Å². The molecular formula is C19H19F2N3O2. The average Bonchev–Trinajstić information content (AvgIpc) is 2.99. The fourth-order valence-corrected chi connectivity index (χ4v) is 3.08. The van der Waals surface area contributed by atoms with Crippen molar-refractivity contribution in [1.82, 2.24) is 14.8 Å². The third kappa shape index (κ3) is 4.04. The second-order valence-corrected chi connectivity index (χ2v) is 6.44. The molecule has 2 amide bonds. The van der Waals surface area contributed by atoms with Gasteiger partial charge in [0.15, 0.2) is 11.6 Å². The number of aromatic nitrogens is 1. The maximum Gasteiger partial charge on any atom is 0.228 e. The topological polar surface area (TPSA) is 53.5 Å². The minimum atomic E-state index is -0.944. The Balaban J connectivity index is 1.60. The van der Waals surface area contributed by atoms with E-state index >= 15 is 0 Å². The van der Waals surface area contributed by atoms with E-state index in [1.165, 1.54) is 11.0 Å². The number of hydrogen-bond donors (Lipinski definition) is 0. The molecule has 1 atom stereocenters. The van der Waals surface area contributed by atoms with Gasteiger partial charge >= 0.3 is 0 Å². The van der Waals surface area contributed by atoms with Crippen LogP contribution < -0.4 is 0 Å². The van der Waals surface area contributed by atoms with Crippen LogP contribution in [0.15, 0.2) is 42.6 Å². The van der Waals surface area contributed by atoms with E-state index in [1.54, 1.807) is 24.2 Å². The highest BCUT2D eigenvalue weighted by molar-refractivity contribution is 5.89. The summed E-state index contributed by atoms with van der Waals surface area (Å²) >= 11 is 0. The summed E-state index contributed by atoms with van der Waals surface area (Å²) in [5, 5.41) is 0. The quantitative estimate of drug-likeness (QED) is 0.824. The molecule has 7 heteroatoms. The molecule has 5 nitrogen and oxygen atoms in total. The molecule has 0 radical (unpaired) electrons. The Bertz CT molecular complexity index is 814. The molecule has 0 spiro atoms. The molecule has 1 aromatic heterocycles. The first-order valence-corrected chi connectivity index (χ1v) is 8.30. The lowest BCUT2D eigenvalue weighted by molar-refractivity contribution is -0.135. The van der Waals surface area contributed by atoms with Crippen LogP contribution in [0.4, 0.5) is 8.78 Å². The van der Waals surface area contributed by atoms with Gasteiger partial charge in [-0.15, -0.1) is 0 Å². The van der Waals surface area contributed by atoms with Crippen molar-refractivity contribution in [3.05, 3.63) is 65.5 Å². The van der Waals surface area contributed by atoms with Crippen LogP contribution in [0.3, 0.4) is 0 Å². The largest absolute Gasteiger partial charge is 0.341 e. The zero-order chi connectivity index (χ0) is 18.7. The van der Waals surface area contributed by atoms with Crippen LogP contribution in [0.5, 0.6) is 0 Å². The lowest BCUT2D eigenvalue weighted by Gasteiger charge is -2.21. The van der Waals surface area contributed by atoms with Crippen molar-refractivity contribution >= 4 is 11.8 Å². The number of pyridine rings is 1. The SMILES string of the molecule is CN(Cc1ccc(F)c(F)c1)C(=O)C1CC(=O)N(Cc2ccccn2)C1. The van der Waals surface area contributed by atoms with Gasteiger partial charge in [-0.2, -0.15) is 0 Å². The predicted molar refractivity (Wildman–Crippen MR) is 90.6 cm³/mol. The molecule has 1 aliphatic heterocycles. The van der Waals surface area contributed by atoms with E-state index in [4.69, 9.17) is 0 Å². The fourth-order valence-electron chi connectivity index (χ4n) is 3.08. The third-order valence-electron chi connectivity index (χ3n) is 4.42. The molecule has 0 N–H and O–H groups in total. The molecule has 0 bridgehead atoms. The number of hydrogen-bond acceptors (Lipinski definition) is 3. The Morgan fingerprint density at radius 3 is 2.77 bits per heavy atom. The second-order valence-electron chi connectivity index (χ2n) is 6.44. The molecule has 1 aromatic carbocycles. The smallest absolute Gasteiger partial charge is 0.228 e. The summed E-state index contributed by atoms with van der Waals surface area (Å²) < 4.78 is 26.3. The van der Waals surface area contributed by atoms with Crippen LogP contribution in [-0.4, -0.2) is 40.2 Å². The van der Waals surface area contributed by atoms with Crippen LogP contribution >= 0.6 is 0 Å². The number of nitrogens with zero attached hydrogens (tertiary/aromatic N) is 3. The number of halogens is 2. The Labute approximate surface area is 150 Å². The second kappa shape index (κ2) is 7.59. The average molecular weight is 359 g/mol. The van der Waals surface area contributed by atoms with Gasteiger partial charge in [0.1, 0.15) is 0 Å². The van der Waals surface area contributed by atoms with E-state index in [0.29, 0.717) is 18.7 Å². The van der Waals surface area contributed by atoms with E-state index in [1.807, 2.05) is 12.1 Å². The number of carbonyl (C=O) groups excluding carboxylic acids is 2. The molecule has 1 fully saturated rings. The van der Waals surface area contributed by atoms with Gasteiger partial charge in [-0.1, -0.05) is 12.1 Å². The molecule has 1 aliphatic rings. The summed E-state index contributed by atoms with van der Waals surface area (Å²) in [6.45, 7) is 0.855. The van der Waals surface area contributed by atoms with Gasteiger partial charge in [-0.05, 0) is 29.8 Å². The molecule has 1 unspecified atom stereocenters. The van der Waals surface area contributed by atoms with Gasteiger partial charge in [0.05, 0.1) is 18.2 Å². The number of amides is 2. The van der Waals surface area contributed by atoms with Crippen molar-refractivity contribution in [1.29, 1.82) is 0 Å². The summed E-state index contributed by atoms with van der Waals surface area (Å²) in [6, 6.07) is 9.03. The van der Waals surface area contributed by atoms with E-state index in [9.17, 15) is 18.4 Å². The third-order valence-corrected chi connectivity index (χ3v) is 4.42. The van der Waals surface area contributed by atoms with E-state index < -0.39 is 17.6 Å². The van der Waals surface area contributed by atoms with Crippen molar-refractivity contribution in [3.63, 3.8) is 0 Å². The van der Waals surface area contributed by atoms with Crippen molar-refractivity contribution in [3.8, 4) is 0 Å². The summed E-state index contributed by atoms with van der Waals surface area (Å²) in [7, 11) is 1.59. The van der Waals surface area contributed by atoms with Crippen molar-refractivity contribution in [2.24, 2.45) is 5.92 Å². The summed E-state index contributed by atoms with van der Waals surface area (Å²) in [5.74, 6) is -2.58. The molecular weight excluding hydrogens is 340 g/mol. The highest BCUT2D eigenvalue weighted by Gasteiger charge is 2.35. The standard InChI is InChI=1S/C19H19F2N3O2/c1-23(10-13-5-6-16(20)17(21)8-13)19(26)14-9-18(25)24(11-14)12-15-4-2-3-7-22-15/h2-8,14H,9-12H2,1H3. The lowest BCUT2D eigenvalue weighted by Crippen LogP contribution is -2.34. The number of carbonyl (C=O) groups is 2. The first-order chi connectivity index (χ1) is 12.4. The van der Waals surface area contributed by atoms with Gasteiger partial charge in [0.2, 0.25) is 11.8 Å². The first-order valence-electron chi connectivity index (χ1n) is 8.30. The fraction of sp³-hybridized carbons (Fsp3) is 0.316. The summed E-state index contributed by atoms with van der Waals surface area (Å²) in [5.41, 5.74) is 1.26. The van der Waals surface area contributed by atoms with Gasteiger partial charge in [0.25, 0.3) is 0 Å². The van der Waals surface area contributed by atoms with Crippen molar-refractivity contribution in [2.45, 2.75) is 19.5 Å². The Morgan fingerprint density at radius 2 is 2.08 bits per heavy atom. The summed E-state index contributed by atoms with van der Waals surface area (Å²) in [4.78, 5) is 32.1. The van der Waals surface area contributed by atoms with Gasteiger partial charge in [-0.3, -0.25) is 14.6 Å². The molecule has 2 aromatic rings. The van der Waals surface area contributed by atoms with Crippen LogP contribution in [0, 0.1) is 17.6 Å². The normalized spacial score (nSPS) is 16.8.